The van der Waals surface area contributed by atoms with Crippen LogP contribution in [-0.2, 0) is 4.74 Å². The van der Waals surface area contributed by atoms with Gasteiger partial charge >= 0.3 is 6.09 Å². The number of carbonyl (C=O) groups excluding carboxylic acids is 1. The summed E-state index contributed by atoms with van der Waals surface area (Å²) in [5, 5.41) is 0. The first-order valence-corrected chi connectivity index (χ1v) is 7.05. The molecule has 0 saturated carbocycles. The van der Waals surface area contributed by atoms with Crippen LogP contribution in [0, 0.1) is 0 Å². The molecule has 1 amide bonds. The lowest BCUT2D eigenvalue weighted by Gasteiger charge is -2.36. The number of hydrogen-bond donors (Lipinski definition) is 1. The van der Waals surface area contributed by atoms with Crippen molar-refractivity contribution in [3.8, 4) is 0 Å². The molecule has 0 radical (unpaired) electrons. The van der Waals surface area contributed by atoms with Crippen molar-refractivity contribution >= 4 is 6.09 Å². The second-order valence-electron chi connectivity index (χ2n) is 6.17. The molecule has 2 heterocycles. The van der Waals surface area contributed by atoms with Crippen molar-refractivity contribution in [2.45, 2.75) is 51.7 Å². The fourth-order valence-electron chi connectivity index (χ4n) is 2.49. The molecular weight excluding hydrogens is 256 g/mol. The van der Waals surface area contributed by atoms with Gasteiger partial charge in [0.25, 0.3) is 0 Å². The minimum Gasteiger partial charge on any atom is -0.444 e. The summed E-state index contributed by atoms with van der Waals surface area (Å²) in [7, 11) is 0. The van der Waals surface area contributed by atoms with Crippen molar-refractivity contribution < 1.29 is 9.53 Å². The summed E-state index contributed by atoms with van der Waals surface area (Å²) in [6.07, 6.45) is 4.21. The molecule has 1 aliphatic rings. The number of amides is 1. The zero-order chi connectivity index (χ0) is 14.8. The Bertz CT molecular complexity index is 530. The molecule has 5 heteroatoms. The first-order valence-electron chi connectivity index (χ1n) is 7.05. The molecule has 110 valence electrons. The van der Waals surface area contributed by atoms with Gasteiger partial charge in [-0.1, -0.05) is 0 Å². The molecule has 0 spiro atoms. The molecule has 1 unspecified atom stereocenters. The maximum Gasteiger partial charge on any atom is 0.410 e. The van der Waals surface area contributed by atoms with Crippen LogP contribution in [0.3, 0.4) is 0 Å². The van der Waals surface area contributed by atoms with Gasteiger partial charge in [-0.3, -0.25) is 4.79 Å². The predicted molar refractivity (Wildman–Crippen MR) is 76.6 cm³/mol. The van der Waals surface area contributed by atoms with Gasteiger partial charge in [0.2, 0.25) is 5.56 Å². The van der Waals surface area contributed by atoms with Crippen LogP contribution in [-0.4, -0.2) is 28.1 Å². The maximum atomic E-state index is 12.3. The van der Waals surface area contributed by atoms with E-state index in [1.54, 1.807) is 17.2 Å². The minimum absolute atomic E-state index is 0.0686. The fraction of sp³-hybridized carbons (Fsp3) is 0.600. The van der Waals surface area contributed by atoms with E-state index in [0.29, 0.717) is 6.54 Å². The van der Waals surface area contributed by atoms with E-state index in [1.807, 2.05) is 26.8 Å². The van der Waals surface area contributed by atoms with Gasteiger partial charge in [0.1, 0.15) is 5.60 Å². The largest absolute Gasteiger partial charge is 0.444 e. The van der Waals surface area contributed by atoms with Gasteiger partial charge in [0, 0.05) is 18.8 Å². The molecule has 1 saturated heterocycles. The Morgan fingerprint density at radius 3 is 2.80 bits per heavy atom. The summed E-state index contributed by atoms with van der Waals surface area (Å²) in [5.41, 5.74) is 0.226. The van der Waals surface area contributed by atoms with Gasteiger partial charge in [0.05, 0.1) is 6.04 Å². The third kappa shape index (κ3) is 3.62. The van der Waals surface area contributed by atoms with Crippen LogP contribution in [0.1, 0.15) is 51.6 Å². The third-order valence-corrected chi connectivity index (χ3v) is 3.31. The number of aromatic amines is 1. The normalized spacial score (nSPS) is 19.8. The molecule has 1 N–H and O–H groups in total. The number of nitrogens with zero attached hydrogens (tertiary/aromatic N) is 1. The summed E-state index contributed by atoms with van der Waals surface area (Å²) >= 11 is 0. The van der Waals surface area contributed by atoms with Crippen LogP contribution in [0.25, 0.3) is 0 Å². The number of aromatic nitrogens is 1. The van der Waals surface area contributed by atoms with Crippen molar-refractivity contribution in [1.82, 2.24) is 9.88 Å². The first-order chi connectivity index (χ1) is 9.37. The Morgan fingerprint density at radius 1 is 1.40 bits per heavy atom. The molecule has 1 aromatic heterocycles. The monoisotopic (exact) mass is 278 g/mol. The average Bonchev–Trinajstić information content (AvgIpc) is 2.37. The summed E-state index contributed by atoms with van der Waals surface area (Å²) in [5.74, 6) is 0. The van der Waals surface area contributed by atoms with Gasteiger partial charge in [0.15, 0.2) is 0 Å². The smallest absolute Gasteiger partial charge is 0.410 e. The van der Waals surface area contributed by atoms with Crippen LogP contribution in [0.2, 0.25) is 0 Å². The van der Waals surface area contributed by atoms with E-state index in [-0.39, 0.29) is 17.7 Å². The first kappa shape index (κ1) is 14.6. The van der Waals surface area contributed by atoms with Crippen molar-refractivity contribution in [3.05, 3.63) is 34.2 Å². The lowest BCUT2D eigenvalue weighted by Crippen LogP contribution is -2.42. The summed E-state index contributed by atoms with van der Waals surface area (Å²) in [6.45, 7) is 6.25. The van der Waals surface area contributed by atoms with Crippen LogP contribution in [0.4, 0.5) is 4.79 Å². The maximum absolute atomic E-state index is 12.3. The van der Waals surface area contributed by atoms with Crippen LogP contribution in [0.5, 0.6) is 0 Å². The fourth-order valence-corrected chi connectivity index (χ4v) is 2.49. The topological polar surface area (TPSA) is 62.4 Å². The highest BCUT2D eigenvalue weighted by Crippen LogP contribution is 2.31. The third-order valence-electron chi connectivity index (χ3n) is 3.31. The van der Waals surface area contributed by atoms with Gasteiger partial charge in [-0.05, 0) is 51.7 Å². The Hall–Kier alpha value is -1.78. The van der Waals surface area contributed by atoms with E-state index in [9.17, 15) is 9.59 Å². The van der Waals surface area contributed by atoms with E-state index >= 15 is 0 Å². The van der Waals surface area contributed by atoms with E-state index < -0.39 is 5.60 Å². The lowest BCUT2D eigenvalue weighted by atomic mass is 9.96. The van der Waals surface area contributed by atoms with E-state index in [2.05, 4.69) is 4.98 Å². The van der Waals surface area contributed by atoms with E-state index in [0.717, 1.165) is 24.8 Å². The van der Waals surface area contributed by atoms with Gasteiger partial charge in [-0.25, -0.2) is 4.79 Å². The Labute approximate surface area is 118 Å². The molecule has 1 fully saturated rings. The van der Waals surface area contributed by atoms with Crippen molar-refractivity contribution in [3.63, 3.8) is 0 Å². The minimum atomic E-state index is -0.507. The van der Waals surface area contributed by atoms with E-state index in [4.69, 9.17) is 4.74 Å². The number of likely N-dealkylation sites (tertiary alicyclic amines) is 1. The van der Waals surface area contributed by atoms with Crippen molar-refractivity contribution in [1.29, 1.82) is 0 Å². The van der Waals surface area contributed by atoms with Crippen molar-refractivity contribution in [2.24, 2.45) is 0 Å². The molecule has 20 heavy (non-hydrogen) atoms. The average molecular weight is 278 g/mol. The zero-order valence-corrected chi connectivity index (χ0v) is 12.3. The molecule has 0 aliphatic carbocycles. The number of H-pyrrole nitrogens is 1. The summed E-state index contributed by atoms with van der Waals surface area (Å²) in [6, 6.07) is 3.35. The summed E-state index contributed by atoms with van der Waals surface area (Å²) < 4.78 is 5.46. The van der Waals surface area contributed by atoms with Crippen molar-refractivity contribution in [2.75, 3.05) is 6.54 Å². The molecule has 0 bridgehead atoms. The summed E-state index contributed by atoms with van der Waals surface area (Å²) in [4.78, 5) is 28.1. The van der Waals surface area contributed by atoms with Crippen LogP contribution in [0.15, 0.2) is 23.1 Å². The Kier molecular flexibility index (Phi) is 4.16. The second kappa shape index (κ2) is 5.69. The molecule has 1 atom stereocenters. The second-order valence-corrected chi connectivity index (χ2v) is 6.17. The van der Waals surface area contributed by atoms with Gasteiger partial charge in [-0.2, -0.15) is 0 Å². The van der Waals surface area contributed by atoms with Crippen LogP contribution >= 0.6 is 0 Å². The zero-order valence-electron chi connectivity index (χ0n) is 12.3. The van der Waals surface area contributed by atoms with E-state index in [1.165, 1.54) is 0 Å². The molecule has 2 rings (SSSR count). The number of nitrogens with one attached hydrogen (secondary N) is 1. The molecular formula is C15H22N2O3. The highest BCUT2D eigenvalue weighted by Gasteiger charge is 2.31. The number of pyridine rings is 1. The quantitative estimate of drug-likeness (QED) is 0.859. The Balaban J connectivity index is 2.21. The highest BCUT2D eigenvalue weighted by atomic mass is 16.6. The number of hydrogen-bond acceptors (Lipinski definition) is 3. The molecule has 1 aromatic rings. The number of piperidine rings is 1. The lowest BCUT2D eigenvalue weighted by molar-refractivity contribution is 0.00949. The SMILES string of the molecule is CC(C)(C)OC(=O)N1CCCCC1c1cc[nH]c(=O)c1. The Morgan fingerprint density at radius 2 is 2.15 bits per heavy atom. The molecule has 5 nitrogen and oxygen atoms in total. The van der Waals surface area contributed by atoms with Gasteiger partial charge < -0.3 is 14.6 Å². The predicted octanol–water partition coefficient (Wildman–Crippen LogP) is 2.84. The standard InChI is InChI=1S/C15H22N2O3/c1-15(2,3)20-14(19)17-9-5-4-6-12(17)11-7-8-16-13(18)10-11/h7-8,10,12H,4-6,9H2,1-3H3,(H,16,18). The molecule has 1 aliphatic heterocycles. The highest BCUT2D eigenvalue weighted by molar-refractivity contribution is 5.69. The van der Waals surface area contributed by atoms with Gasteiger partial charge in [-0.15, -0.1) is 0 Å². The number of ether oxygens (including phenoxy) is 1. The molecule has 0 aromatic carbocycles. The van der Waals surface area contributed by atoms with Crippen LogP contribution < -0.4 is 5.56 Å². The number of rotatable bonds is 1. The number of carbonyl (C=O) groups is 1.